The summed E-state index contributed by atoms with van der Waals surface area (Å²) >= 11 is 0. The summed E-state index contributed by atoms with van der Waals surface area (Å²) in [6, 6.07) is 5.52. The average molecular weight is 426 g/mol. The molecule has 31 heavy (non-hydrogen) atoms. The number of nitrogens with zero attached hydrogens (tertiary/aromatic N) is 3. The van der Waals surface area contributed by atoms with Crippen LogP contribution in [0.3, 0.4) is 0 Å². The third-order valence-corrected chi connectivity index (χ3v) is 7.79. The summed E-state index contributed by atoms with van der Waals surface area (Å²) in [4.78, 5) is 43.5. The summed E-state index contributed by atoms with van der Waals surface area (Å²) in [6.07, 6.45) is 7.11. The molecule has 4 aliphatic rings. The van der Waals surface area contributed by atoms with Crippen LogP contribution in [0.4, 0.5) is 5.69 Å². The van der Waals surface area contributed by atoms with Gasteiger partial charge in [-0.05, 0) is 67.7 Å². The highest BCUT2D eigenvalue weighted by Crippen LogP contribution is 2.53. The molecule has 1 spiro atoms. The number of amides is 2. The molecular weight excluding hydrogens is 394 g/mol. The molecule has 0 atom stereocenters. The van der Waals surface area contributed by atoms with Gasteiger partial charge in [-0.15, -0.1) is 0 Å². The zero-order chi connectivity index (χ0) is 21.6. The molecule has 7 nitrogen and oxygen atoms in total. The second-order valence-corrected chi connectivity index (χ2v) is 9.66. The summed E-state index contributed by atoms with van der Waals surface area (Å²) in [5.41, 5.74) is 2.87. The maximum atomic E-state index is 12.7. The largest absolute Gasteiger partial charge is 0.465 e. The average Bonchev–Trinajstić information content (AvgIpc) is 3.45. The number of hydrogen-bond acceptors (Lipinski definition) is 5. The highest BCUT2D eigenvalue weighted by Gasteiger charge is 2.45. The zero-order valence-corrected chi connectivity index (χ0v) is 18.3. The van der Waals surface area contributed by atoms with E-state index in [9.17, 15) is 14.4 Å². The van der Waals surface area contributed by atoms with Gasteiger partial charge in [-0.1, -0.05) is 0 Å². The first kappa shape index (κ1) is 20.5. The van der Waals surface area contributed by atoms with Gasteiger partial charge in [0.2, 0.25) is 11.8 Å². The van der Waals surface area contributed by atoms with Gasteiger partial charge >= 0.3 is 5.97 Å². The van der Waals surface area contributed by atoms with Crippen molar-refractivity contribution in [3.05, 3.63) is 29.3 Å². The second kappa shape index (κ2) is 7.93. The summed E-state index contributed by atoms with van der Waals surface area (Å²) in [5.74, 6) is -0.0339. The van der Waals surface area contributed by atoms with E-state index in [1.54, 1.807) is 12.1 Å². The van der Waals surface area contributed by atoms with Crippen LogP contribution in [0, 0.1) is 5.41 Å². The number of carbonyl (C=O) groups is 3. The van der Waals surface area contributed by atoms with Crippen LogP contribution in [0.2, 0.25) is 0 Å². The van der Waals surface area contributed by atoms with Crippen LogP contribution >= 0.6 is 0 Å². The fourth-order valence-electron chi connectivity index (χ4n) is 5.52. The molecule has 1 saturated carbocycles. The van der Waals surface area contributed by atoms with Gasteiger partial charge in [-0.25, -0.2) is 4.79 Å². The van der Waals surface area contributed by atoms with E-state index in [1.807, 2.05) is 11.0 Å². The number of benzene rings is 1. The summed E-state index contributed by atoms with van der Waals surface area (Å²) in [6.45, 7) is 3.98. The Morgan fingerprint density at radius 3 is 2.42 bits per heavy atom. The minimum Gasteiger partial charge on any atom is -0.465 e. The lowest BCUT2D eigenvalue weighted by atomic mass is 9.93. The van der Waals surface area contributed by atoms with Crippen molar-refractivity contribution in [2.24, 2.45) is 5.41 Å². The van der Waals surface area contributed by atoms with Crippen LogP contribution in [-0.4, -0.2) is 73.5 Å². The predicted octanol–water partition coefficient (Wildman–Crippen LogP) is 2.23. The number of piperidine rings is 2. The van der Waals surface area contributed by atoms with Crippen LogP contribution < -0.4 is 4.90 Å². The van der Waals surface area contributed by atoms with Crippen LogP contribution in [-0.2, 0) is 20.7 Å². The molecule has 0 N–H and O–H groups in total. The normalized spacial score (nSPS) is 23.2. The molecule has 5 rings (SSSR count). The van der Waals surface area contributed by atoms with Crippen molar-refractivity contribution in [1.82, 2.24) is 9.80 Å². The number of rotatable bonds is 4. The third-order valence-electron chi connectivity index (χ3n) is 7.79. The molecule has 166 valence electrons. The van der Waals surface area contributed by atoms with Crippen molar-refractivity contribution in [2.45, 2.75) is 51.0 Å². The number of ether oxygens (including phenoxy) is 1. The number of likely N-dealkylation sites (tertiary alicyclic amines) is 2. The number of methoxy groups -OCH3 is 1. The van der Waals surface area contributed by atoms with Gasteiger partial charge in [0, 0.05) is 37.9 Å². The molecule has 2 amide bonds. The van der Waals surface area contributed by atoms with Gasteiger partial charge in [-0.3, -0.25) is 14.5 Å². The molecule has 0 radical (unpaired) electrons. The van der Waals surface area contributed by atoms with Crippen LogP contribution in [0.25, 0.3) is 0 Å². The first-order chi connectivity index (χ1) is 15.0. The van der Waals surface area contributed by atoms with Crippen molar-refractivity contribution in [3.63, 3.8) is 0 Å². The lowest BCUT2D eigenvalue weighted by Gasteiger charge is -2.38. The molecule has 7 heteroatoms. The summed E-state index contributed by atoms with van der Waals surface area (Å²) in [5, 5.41) is 0. The maximum Gasteiger partial charge on any atom is 0.337 e. The Morgan fingerprint density at radius 1 is 1.06 bits per heavy atom. The second-order valence-electron chi connectivity index (χ2n) is 9.66. The van der Waals surface area contributed by atoms with Crippen molar-refractivity contribution >= 4 is 23.5 Å². The molecule has 2 saturated heterocycles. The monoisotopic (exact) mass is 425 g/mol. The Morgan fingerprint density at radius 2 is 1.77 bits per heavy atom. The van der Waals surface area contributed by atoms with Gasteiger partial charge in [0.05, 0.1) is 25.6 Å². The van der Waals surface area contributed by atoms with E-state index in [0.717, 1.165) is 50.3 Å². The van der Waals surface area contributed by atoms with E-state index in [2.05, 4.69) is 9.80 Å². The van der Waals surface area contributed by atoms with Crippen LogP contribution in [0.5, 0.6) is 0 Å². The number of carbonyl (C=O) groups excluding carboxylic acids is 3. The van der Waals surface area contributed by atoms with E-state index < -0.39 is 0 Å². The minimum absolute atomic E-state index is 0.0915. The van der Waals surface area contributed by atoms with E-state index in [1.165, 1.54) is 32.8 Å². The third kappa shape index (κ3) is 3.95. The molecule has 3 heterocycles. The molecule has 0 bridgehead atoms. The first-order valence-corrected chi connectivity index (χ1v) is 11.5. The van der Waals surface area contributed by atoms with Crippen molar-refractivity contribution in [3.8, 4) is 0 Å². The highest BCUT2D eigenvalue weighted by atomic mass is 16.5. The Balaban J connectivity index is 1.16. The van der Waals surface area contributed by atoms with E-state index >= 15 is 0 Å². The fourth-order valence-corrected chi connectivity index (χ4v) is 5.52. The highest BCUT2D eigenvalue weighted by molar-refractivity contribution is 6.03. The first-order valence-electron chi connectivity index (χ1n) is 11.5. The maximum absolute atomic E-state index is 12.7. The molecule has 0 unspecified atom stereocenters. The van der Waals surface area contributed by atoms with Gasteiger partial charge in [-0.2, -0.15) is 0 Å². The smallest absolute Gasteiger partial charge is 0.337 e. The number of hydrogen-bond donors (Lipinski definition) is 0. The quantitative estimate of drug-likeness (QED) is 0.692. The Bertz CT molecular complexity index is 892. The molecule has 3 aliphatic heterocycles. The molecule has 3 fully saturated rings. The number of anilines is 1. The molecule has 1 aliphatic carbocycles. The van der Waals surface area contributed by atoms with Crippen LogP contribution in [0.15, 0.2) is 18.2 Å². The van der Waals surface area contributed by atoms with Crippen molar-refractivity contribution < 1.29 is 19.1 Å². The van der Waals surface area contributed by atoms with Crippen molar-refractivity contribution in [2.75, 3.05) is 44.7 Å². The van der Waals surface area contributed by atoms with Gasteiger partial charge in [0.1, 0.15) is 0 Å². The van der Waals surface area contributed by atoms with Crippen molar-refractivity contribution in [1.29, 1.82) is 0 Å². The van der Waals surface area contributed by atoms with Gasteiger partial charge in [0.15, 0.2) is 0 Å². The standard InChI is InChI=1S/C24H31N3O4/c1-31-23(30)17-2-3-20-18(14-17)15-21(28)27(20)19-4-10-25(11-5-19)16-22(29)26-12-8-24(6-7-24)9-13-26/h2-3,14,19H,4-13,15-16H2,1H3. The molecular formula is C24H31N3O4. The Hall–Kier alpha value is -2.41. The lowest BCUT2D eigenvalue weighted by molar-refractivity contribution is -0.134. The minimum atomic E-state index is -0.382. The predicted molar refractivity (Wildman–Crippen MR) is 116 cm³/mol. The van der Waals surface area contributed by atoms with Gasteiger partial charge < -0.3 is 14.5 Å². The Kier molecular flexibility index (Phi) is 5.24. The lowest BCUT2D eigenvalue weighted by Crippen LogP contribution is -2.50. The topological polar surface area (TPSA) is 70.2 Å². The van der Waals surface area contributed by atoms with E-state index in [4.69, 9.17) is 4.74 Å². The summed E-state index contributed by atoms with van der Waals surface area (Å²) < 4.78 is 4.79. The molecule has 1 aromatic rings. The van der Waals surface area contributed by atoms with Gasteiger partial charge in [0.25, 0.3) is 0 Å². The number of fused-ring (bicyclic) bond motifs is 1. The molecule has 1 aromatic carbocycles. The number of esters is 1. The molecule has 0 aromatic heterocycles. The van der Waals surface area contributed by atoms with E-state index in [0.29, 0.717) is 23.9 Å². The SMILES string of the molecule is COC(=O)c1ccc2c(c1)CC(=O)N2C1CCN(CC(=O)N2CCC3(CC2)CC3)CC1. The Labute approximate surface area is 183 Å². The van der Waals surface area contributed by atoms with E-state index in [-0.39, 0.29) is 23.8 Å². The summed E-state index contributed by atoms with van der Waals surface area (Å²) in [7, 11) is 1.36. The zero-order valence-electron chi connectivity index (χ0n) is 18.3. The van der Waals surface area contributed by atoms with Crippen LogP contribution in [0.1, 0.15) is 54.4 Å². The fraction of sp³-hybridized carbons (Fsp3) is 0.625.